The third-order valence-corrected chi connectivity index (χ3v) is 3.36. The van der Waals surface area contributed by atoms with Crippen LogP contribution in [0.3, 0.4) is 0 Å². The molecule has 1 aliphatic heterocycles. The monoisotopic (exact) mass is 293 g/mol. The van der Waals surface area contributed by atoms with Gasteiger partial charge >= 0.3 is 6.03 Å². The molecular formula is C14H19N3O4. The first-order chi connectivity index (χ1) is 10.2. The number of furan rings is 1. The van der Waals surface area contributed by atoms with Gasteiger partial charge in [-0.15, -0.1) is 0 Å². The molecule has 1 aromatic heterocycles. The van der Waals surface area contributed by atoms with Crippen LogP contribution in [0.1, 0.15) is 18.6 Å². The zero-order valence-electron chi connectivity index (χ0n) is 11.7. The number of likely N-dealkylation sites (tertiary alicyclic amines) is 1. The summed E-state index contributed by atoms with van der Waals surface area (Å²) < 4.78 is 5.07. The first-order valence-electron chi connectivity index (χ1n) is 6.95. The number of amides is 3. The molecule has 3 amide bonds. The van der Waals surface area contributed by atoms with Gasteiger partial charge in [0.15, 0.2) is 0 Å². The molecule has 1 aromatic rings. The number of imide groups is 1. The van der Waals surface area contributed by atoms with Gasteiger partial charge in [-0.25, -0.2) is 4.79 Å². The molecule has 1 fully saturated rings. The molecule has 0 aliphatic carbocycles. The van der Waals surface area contributed by atoms with Gasteiger partial charge in [0.05, 0.1) is 19.4 Å². The summed E-state index contributed by atoms with van der Waals surface area (Å²) in [6.45, 7) is 1.69. The Balaban J connectivity index is 1.68. The van der Waals surface area contributed by atoms with Crippen molar-refractivity contribution >= 4 is 18.2 Å². The van der Waals surface area contributed by atoms with Gasteiger partial charge in [0.1, 0.15) is 12.0 Å². The Morgan fingerprint density at radius 3 is 3.05 bits per heavy atom. The normalized spacial score (nSPS) is 19.0. The summed E-state index contributed by atoms with van der Waals surface area (Å²) in [5.41, 5.74) is 0. The van der Waals surface area contributed by atoms with E-state index in [9.17, 15) is 14.4 Å². The van der Waals surface area contributed by atoms with Gasteiger partial charge in [0.25, 0.3) is 0 Å². The van der Waals surface area contributed by atoms with E-state index in [2.05, 4.69) is 10.6 Å². The highest BCUT2D eigenvalue weighted by molar-refractivity contribution is 5.95. The van der Waals surface area contributed by atoms with Crippen LogP contribution in [0.4, 0.5) is 4.79 Å². The molecule has 2 heterocycles. The number of nitrogens with one attached hydrogen (secondary N) is 2. The largest absolute Gasteiger partial charge is 0.467 e. The van der Waals surface area contributed by atoms with E-state index < -0.39 is 6.03 Å². The lowest BCUT2D eigenvalue weighted by Gasteiger charge is -2.29. The van der Waals surface area contributed by atoms with Gasteiger partial charge in [-0.2, -0.15) is 0 Å². The maximum absolute atomic E-state index is 11.8. The Morgan fingerprint density at radius 2 is 2.33 bits per heavy atom. The van der Waals surface area contributed by atoms with Gasteiger partial charge in [-0.1, -0.05) is 0 Å². The zero-order valence-corrected chi connectivity index (χ0v) is 11.7. The smallest absolute Gasteiger partial charge is 0.321 e. The van der Waals surface area contributed by atoms with E-state index in [1.165, 1.54) is 6.26 Å². The van der Waals surface area contributed by atoms with Crippen LogP contribution in [0.2, 0.25) is 0 Å². The number of hydrogen-bond donors (Lipinski definition) is 2. The van der Waals surface area contributed by atoms with Crippen molar-refractivity contribution in [1.82, 2.24) is 15.5 Å². The maximum atomic E-state index is 11.8. The van der Waals surface area contributed by atoms with E-state index >= 15 is 0 Å². The molecule has 7 nitrogen and oxygen atoms in total. The Morgan fingerprint density at radius 1 is 1.48 bits per heavy atom. The van der Waals surface area contributed by atoms with Crippen LogP contribution in [-0.2, 0) is 16.1 Å². The Labute approximate surface area is 122 Å². The summed E-state index contributed by atoms with van der Waals surface area (Å²) in [7, 11) is 0. The third-order valence-electron chi connectivity index (χ3n) is 3.36. The number of hydrogen-bond acceptors (Lipinski definition) is 5. The Hall–Kier alpha value is -2.15. The van der Waals surface area contributed by atoms with Crippen LogP contribution in [0, 0.1) is 5.92 Å². The van der Waals surface area contributed by atoms with Crippen molar-refractivity contribution < 1.29 is 18.8 Å². The quantitative estimate of drug-likeness (QED) is 0.772. The molecule has 0 saturated carbocycles. The molecule has 1 saturated heterocycles. The SMILES string of the molecule is O=CC1CCCN(CC(=O)NC(=O)NCc2ccco2)C1. The van der Waals surface area contributed by atoms with Crippen LogP contribution in [0.25, 0.3) is 0 Å². The number of aldehydes is 1. The molecule has 7 heteroatoms. The topological polar surface area (TPSA) is 91.7 Å². The van der Waals surface area contributed by atoms with Crippen LogP contribution in [0.15, 0.2) is 22.8 Å². The lowest BCUT2D eigenvalue weighted by atomic mass is 10.00. The molecule has 2 N–H and O–H groups in total. The molecular weight excluding hydrogens is 274 g/mol. The predicted molar refractivity (Wildman–Crippen MR) is 74.3 cm³/mol. The molecule has 114 valence electrons. The van der Waals surface area contributed by atoms with Crippen molar-refractivity contribution in [3.8, 4) is 0 Å². The molecule has 21 heavy (non-hydrogen) atoms. The van der Waals surface area contributed by atoms with Crippen molar-refractivity contribution in [1.29, 1.82) is 0 Å². The Bertz CT molecular complexity index is 486. The highest BCUT2D eigenvalue weighted by Gasteiger charge is 2.21. The fourth-order valence-electron chi connectivity index (χ4n) is 2.34. The van der Waals surface area contributed by atoms with Crippen molar-refractivity contribution in [2.75, 3.05) is 19.6 Å². The molecule has 0 spiro atoms. The summed E-state index contributed by atoms with van der Waals surface area (Å²) in [4.78, 5) is 36.0. The van der Waals surface area contributed by atoms with E-state index in [-0.39, 0.29) is 24.9 Å². The number of rotatable bonds is 5. The minimum absolute atomic E-state index is 0.0145. The number of piperidine rings is 1. The third kappa shape index (κ3) is 5.03. The first kappa shape index (κ1) is 15.2. The van der Waals surface area contributed by atoms with Gasteiger partial charge in [0.2, 0.25) is 5.91 Å². The average molecular weight is 293 g/mol. The summed E-state index contributed by atoms with van der Waals surface area (Å²) in [5.74, 6) is 0.222. The van der Waals surface area contributed by atoms with Crippen molar-refractivity contribution in [2.45, 2.75) is 19.4 Å². The summed E-state index contributed by atoms with van der Waals surface area (Å²) >= 11 is 0. The minimum atomic E-state index is -0.555. The van der Waals surface area contributed by atoms with Gasteiger partial charge in [0, 0.05) is 12.5 Å². The number of carbonyl (C=O) groups excluding carboxylic acids is 3. The summed E-state index contributed by atoms with van der Waals surface area (Å²) in [5, 5.41) is 4.80. The van der Waals surface area contributed by atoms with Gasteiger partial charge in [-0.3, -0.25) is 15.0 Å². The molecule has 0 radical (unpaired) electrons. The fourth-order valence-corrected chi connectivity index (χ4v) is 2.34. The lowest BCUT2D eigenvalue weighted by molar-refractivity contribution is -0.122. The molecule has 0 aromatic carbocycles. The van der Waals surface area contributed by atoms with Crippen LogP contribution >= 0.6 is 0 Å². The average Bonchev–Trinajstić information content (AvgIpc) is 2.98. The highest BCUT2D eigenvalue weighted by atomic mass is 16.3. The standard InChI is InChI=1S/C14H19N3O4/c18-10-11-3-1-5-17(8-11)9-13(19)16-14(20)15-7-12-4-2-6-21-12/h2,4,6,10-11H,1,3,5,7-9H2,(H2,15,16,19,20). The van der Waals surface area contributed by atoms with Crippen molar-refractivity contribution in [2.24, 2.45) is 5.92 Å². The second-order valence-corrected chi connectivity index (χ2v) is 5.08. The fraction of sp³-hybridized carbons (Fsp3) is 0.500. The molecule has 1 atom stereocenters. The Kier molecular flexibility index (Phi) is 5.51. The second-order valence-electron chi connectivity index (χ2n) is 5.08. The number of nitrogens with zero attached hydrogens (tertiary/aromatic N) is 1. The van der Waals surface area contributed by atoms with Crippen LogP contribution < -0.4 is 10.6 Å². The van der Waals surface area contributed by atoms with Crippen LogP contribution in [-0.4, -0.2) is 42.8 Å². The highest BCUT2D eigenvalue weighted by Crippen LogP contribution is 2.13. The van der Waals surface area contributed by atoms with Crippen molar-refractivity contribution in [3.05, 3.63) is 24.2 Å². The van der Waals surface area contributed by atoms with E-state index in [1.807, 2.05) is 4.90 Å². The van der Waals surface area contributed by atoms with E-state index in [4.69, 9.17) is 4.42 Å². The van der Waals surface area contributed by atoms with E-state index in [0.717, 1.165) is 25.7 Å². The van der Waals surface area contributed by atoms with E-state index in [1.54, 1.807) is 12.1 Å². The zero-order chi connectivity index (χ0) is 15.1. The maximum Gasteiger partial charge on any atom is 0.321 e. The van der Waals surface area contributed by atoms with E-state index in [0.29, 0.717) is 12.3 Å². The molecule has 1 aliphatic rings. The predicted octanol–water partition coefficient (Wildman–Crippen LogP) is 0.516. The molecule has 1 unspecified atom stereocenters. The summed E-state index contributed by atoms with van der Waals surface area (Å²) in [6, 6.07) is 2.90. The second kappa shape index (κ2) is 7.58. The van der Waals surface area contributed by atoms with Gasteiger partial charge in [-0.05, 0) is 31.5 Å². The molecule has 0 bridgehead atoms. The minimum Gasteiger partial charge on any atom is -0.467 e. The lowest BCUT2D eigenvalue weighted by Crippen LogP contribution is -2.46. The van der Waals surface area contributed by atoms with Gasteiger partial charge < -0.3 is 14.5 Å². The van der Waals surface area contributed by atoms with Crippen molar-refractivity contribution in [3.63, 3.8) is 0 Å². The molecule has 2 rings (SSSR count). The van der Waals surface area contributed by atoms with Crippen LogP contribution in [0.5, 0.6) is 0 Å². The number of carbonyl (C=O) groups is 3. The summed E-state index contributed by atoms with van der Waals surface area (Å²) in [6.07, 6.45) is 4.20. The first-order valence-corrected chi connectivity index (χ1v) is 6.95. The number of urea groups is 1.